The molecule has 0 radical (unpaired) electrons. The van der Waals surface area contributed by atoms with Gasteiger partial charge in [-0.15, -0.1) is 0 Å². The van der Waals surface area contributed by atoms with E-state index in [9.17, 15) is 0 Å². The fraction of sp³-hybridized carbons (Fsp3) is 0.0156. The monoisotopic (exact) mass is 898 g/mol. The Hall–Kier alpha value is -9.39. The summed E-state index contributed by atoms with van der Waals surface area (Å²) in [5, 5.41) is 5.36. The van der Waals surface area contributed by atoms with Crippen LogP contribution >= 0.6 is 0 Å². The molecule has 9 aromatic carbocycles. The van der Waals surface area contributed by atoms with E-state index in [4.69, 9.17) is 23.8 Å². The van der Waals surface area contributed by atoms with E-state index in [2.05, 4.69) is 188 Å². The molecule has 6 nitrogen and oxygen atoms in total. The van der Waals surface area contributed by atoms with E-state index in [1.165, 1.54) is 21.9 Å². The van der Waals surface area contributed by atoms with Gasteiger partial charge in [0.1, 0.15) is 22.5 Å². The maximum absolute atomic E-state index is 6.98. The molecular weight excluding hydrogens is 857 g/mol. The van der Waals surface area contributed by atoms with Crippen molar-refractivity contribution in [3.05, 3.63) is 230 Å². The van der Waals surface area contributed by atoms with Gasteiger partial charge in [-0.1, -0.05) is 189 Å². The number of rotatable bonds is 9. The lowest BCUT2D eigenvalue weighted by atomic mass is 10.00. The van der Waals surface area contributed by atoms with E-state index < -0.39 is 0 Å². The van der Waals surface area contributed by atoms with Crippen LogP contribution in [0.25, 0.3) is 140 Å². The van der Waals surface area contributed by atoms with Gasteiger partial charge in [-0.05, 0) is 71.1 Å². The summed E-state index contributed by atoms with van der Waals surface area (Å²) in [6, 6.07) is 73.5. The smallest absolute Gasteiger partial charge is 0.167 e. The summed E-state index contributed by atoms with van der Waals surface area (Å²) in [5.74, 6) is 2.45. The van der Waals surface area contributed by atoms with Crippen molar-refractivity contribution in [2.45, 2.75) is 6.92 Å². The number of furan rings is 2. The molecule has 6 heteroatoms. The second kappa shape index (κ2) is 16.7. The van der Waals surface area contributed by atoms with E-state index in [0.29, 0.717) is 23.1 Å². The Bertz CT molecular complexity index is 4180. The van der Waals surface area contributed by atoms with Crippen LogP contribution in [0.4, 0.5) is 0 Å². The highest BCUT2D eigenvalue weighted by molar-refractivity contribution is 6.14. The molecule has 4 aromatic heterocycles. The van der Waals surface area contributed by atoms with Gasteiger partial charge in [0, 0.05) is 61.0 Å². The van der Waals surface area contributed by atoms with Gasteiger partial charge in [0.25, 0.3) is 0 Å². The van der Waals surface area contributed by atoms with Gasteiger partial charge in [-0.25, -0.2) is 15.0 Å². The van der Waals surface area contributed by atoms with Gasteiger partial charge < -0.3 is 13.4 Å². The van der Waals surface area contributed by atoms with Gasteiger partial charge in [-0.3, -0.25) is 0 Å². The minimum atomic E-state index is 0.532. The van der Waals surface area contributed by atoms with Crippen LogP contribution < -0.4 is 0 Å². The van der Waals surface area contributed by atoms with Crippen LogP contribution in [0.15, 0.2) is 228 Å². The molecule has 13 rings (SSSR count). The third-order valence-corrected chi connectivity index (χ3v) is 13.4. The molecule has 0 aliphatic heterocycles. The molecule has 0 amide bonds. The van der Waals surface area contributed by atoms with Crippen molar-refractivity contribution in [2.24, 2.45) is 0 Å². The number of aromatic nitrogens is 4. The van der Waals surface area contributed by atoms with Crippen LogP contribution in [0.3, 0.4) is 0 Å². The summed E-state index contributed by atoms with van der Waals surface area (Å²) in [4.78, 5) is 15.2. The molecule has 0 unspecified atom stereocenters. The predicted molar refractivity (Wildman–Crippen MR) is 289 cm³/mol. The minimum absolute atomic E-state index is 0.532. The van der Waals surface area contributed by atoms with Crippen LogP contribution in [0.5, 0.6) is 0 Å². The maximum Gasteiger partial charge on any atom is 0.167 e. The lowest BCUT2D eigenvalue weighted by Gasteiger charge is -2.09. The van der Waals surface area contributed by atoms with Gasteiger partial charge in [0.2, 0.25) is 0 Å². The first-order valence-electron chi connectivity index (χ1n) is 23.4. The zero-order valence-corrected chi connectivity index (χ0v) is 38.2. The van der Waals surface area contributed by atoms with Gasteiger partial charge in [-0.2, -0.15) is 0 Å². The number of hydrogen-bond acceptors (Lipinski definition) is 5. The Kier molecular flexibility index (Phi) is 9.77. The van der Waals surface area contributed by atoms with Crippen LogP contribution in [0.1, 0.15) is 18.2 Å². The first-order valence-corrected chi connectivity index (χ1v) is 23.4. The van der Waals surface area contributed by atoms with Gasteiger partial charge >= 0.3 is 0 Å². The number of benzene rings is 9. The molecule has 0 aliphatic carbocycles. The average Bonchev–Trinajstić information content (AvgIpc) is 4.10. The molecule has 0 spiro atoms. The van der Waals surface area contributed by atoms with E-state index >= 15 is 0 Å². The summed E-state index contributed by atoms with van der Waals surface area (Å²) in [5.41, 5.74) is 15.6. The molecule has 0 fully saturated rings. The zero-order chi connectivity index (χ0) is 46.7. The Morgan fingerprint density at radius 1 is 0.414 bits per heavy atom. The highest BCUT2D eigenvalue weighted by Crippen LogP contribution is 2.42. The Labute approximate surface area is 403 Å². The standard InChI is InChI=1S/C64H42N4O2/c1-3-48-51-35-33-47(39-59(51)69-58(48)37-40(2)68-56-28-14-13-23-50(56)55-38-46(34-36-57(55)68)42-19-9-5-10-20-42)49-24-15-25-52-53-26-16-27-54(61(53)70-60(49)52)64-66-62(44-21-11-6-12-22-44)65-63(67-64)45-31-29-43(30-32-45)41-17-7-4-8-18-41/h3-39H,1H2,2H3/b40-37+. The van der Waals surface area contributed by atoms with Crippen molar-refractivity contribution in [3.63, 3.8) is 0 Å². The minimum Gasteiger partial charge on any atom is -0.456 e. The van der Waals surface area contributed by atoms with Crippen molar-refractivity contribution >= 4 is 72.6 Å². The highest BCUT2D eigenvalue weighted by Gasteiger charge is 2.21. The number of allylic oxidation sites excluding steroid dienone is 1. The number of hydrogen-bond donors (Lipinski definition) is 0. The Morgan fingerprint density at radius 2 is 0.929 bits per heavy atom. The number of nitrogens with zero attached hydrogens (tertiary/aromatic N) is 4. The average molecular weight is 899 g/mol. The summed E-state index contributed by atoms with van der Waals surface area (Å²) in [6.45, 7) is 6.38. The van der Waals surface area contributed by atoms with Crippen LogP contribution in [0.2, 0.25) is 0 Å². The van der Waals surface area contributed by atoms with Crippen LogP contribution in [0, 0.1) is 0 Å². The second-order valence-electron chi connectivity index (χ2n) is 17.6. The van der Waals surface area contributed by atoms with E-state index in [1.807, 2.05) is 54.6 Å². The molecule has 70 heavy (non-hydrogen) atoms. The molecule has 0 saturated carbocycles. The van der Waals surface area contributed by atoms with E-state index in [-0.39, 0.29) is 0 Å². The lowest BCUT2D eigenvalue weighted by molar-refractivity contribution is 0.603. The van der Waals surface area contributed by atoms with Crippen LogP contribution in [-0.4, -0.2) is 19.5 Å². The lowest BCUT2D eigenvalue weighted by Crippen LogP contribution is -2.00. The van der Waals surface area contributed by atoms with E-state index in [0.717, 1.165) is 94.3 Å². The zero-order valence-electron chi connectivity index (χ0n) is 38.2. The molecular formula is C64H42N4O2. The predicted octanol–water partition coefficient (Wildman–Crippen LogP) is 17.3. The molecule has 0 saturated heterocycles. The Morgan fingerprint density at radius 3 is 1.63 bits per heavy atom. The van der Waals surface area contributed by atoms with Crippen molar-refractivity contribution in [1.29, 1.82) is 0 Å². The first kappa shape index (κ1) is 40.8. The van der Waals surface area contributed by atoms with Crippen molar-refractivity contribution < 1.29 is 8.83 Å². The van der Waals surface area contributed by atoms with Gasteiger partial charge in [0.05, 0.1) is 16.6 Å². The molecule has 0 N–H and O–H groups in total. The molecule has 0 atom stereocenters. The Balaban J connectivity index is 0.896. The van der Waals surface area contributed by atoms with Crippen molar-refractivity contribution in [2.75, 3.05) is 0 Å². The summed E-state index contributed by atoms with van der Waals surface area (Å²) < 4.78 is 16.1. The van der Waals surface area contributed by atoms with Crippen molar-refractivity contribution in [1.82, 2.24) is 19.5 Å². The fourth-order valence-electron chi connectivity index (χ4n) is 10.0. The highest BCUT2D eigenvalue weighted by atomic mass is 16.3. The summed E-state index contributed by atoms with van der Waals surface area (Å²) in [6.07, 6.45) is 4.02. The summed E-state index contributed by atoms with van der Waals surface area (Å²) in [7, 11) is 0. The quantitative estimate of drug-likeness (QED) is 0.144. The molecule has 0 bridgehead atoms. The third kappa shape index (κ3) is 6.92. The topological polar surface area (TPSA) is 69.9 Å². The first-order chi connectivity index (χ1) is 34.6. The number of fused-ring (bicyclic) bond motifs is 7. The largest absolute Gasteiger partial charge is 0.456 e. The van der Waals surface area contributed by atoms with E-state index in [1.54, 1.807) is 0 Å². The molecule has 4 heterocycles. The molecule has 13 aromatic rings. The fourth-order valence-corrected chi connectivity index (χ4v) is 10.0. The molecule has 330 valence electrons. The van der Waals surface area contributed by atoms with Crippen LogP contribution in [-0.2, 0) is 0 Å². The normalized spacial score (nSPS) is 11.9. The van der Waals surface area contributed by atoms with Gasteiger partial charge in [0.15, 0.2) is 17.5 Å². The third-order valence-electron chi connectivity index (χ3n) is 13.4. The summed E-state index contributed by atoms with van der Waals surface area (Å²) >= 11 is 0. The number of para-hydroxylation sites is 3. The molecule has 0 aliphatic rings. The second-order valence-corrected chi connectivity index (χ2v) is 17.6. The SMILES string of the molecule is C=Cc1c(/C=C(\C)n2c3ccccc3c3cc(-c4ccccc4)ccc32)oc2cc(-c3cccc4c3oc3c(-c5nc(-c6ccccc6)nc(-c6ccc(-c7ccccc7)cc6)n5)cccc34)ccc12. The maximum atomic E-state index is 6.98. The van der Waals surface area contributed by atoms with Crippen molar-refractivity contribution in [3.8, 4) is 67.5 Å².